The Morgan fingerprint density at radius 2 is 1.88 bits per heavy atom. The van der Waals surface area contributed by atoms with E-state index in [1.54, 1.807) is 12.3 Å². The SMILES string of the molecule is CCCN1CCCN(c2ncc(C(=O)N3CCCCC3)cc2Cl)CC1. The van der Waals surface area contributed by atoms with Crippen LogP contribution in [0.15, 0.2) is 12.3 Å². The van der Waals surface area contributed by atoms with E-state index in [2.05, 4.69) is 21.7 Å². The first-order valence-electron chi connectivity index (χ1n) is 9.61. The quantitative estimate of drug-likeness (QED) is 0.822. The highest BCUT2D eigenvalue weighted by molar-refractivity contribution is 6.33. The first-order chi connectivity index (χ1) is 12.2. The molecular formula is C19H29ClN4O. The largest absolute Gasteiger partial charge is 0.354 e. The van der Waals surface area contributed by atoms with Gasteiger partial charge in [0.25, 0.3) is 5.91 Å². The van der Waals surface area contributed by atoms with Gasteiger partial charge >= 0.3 is 0 Å². The molecule has 3 heterocycles. The van der Waals surface area contributed by atoms with Crippen molar-refractivity contribution in [3.63, 3.8) is 0 Å². The second-order valence-corrected chi connectivity index (χ2v) is 7.47. The second kappa shape index (κ2) is 8.86. The van der Waals surface area contributed by atoms with Crippen LogP contribution in [0.4, 0.5) is 5.82 Å². The number of hydrogen-bond donors (Lipinski definition) is 0. The number of carbonyl (C=O) groups excluding carboxylic acids is 1. The van der Waals surface area contributed by atoms with Gasteiger partial charge in [0.1, 0.15) is 5.82 Å². The average Bonchev–Trinajstić information content (AvgIpc) is 2.88. The molecule has 2 aliphatic rings. The number of aromatic nitrogens is 1. The summed E-state index contributed by atoms with van der Waals surface area (Å²) >= 11 is 6.51. The van der Waals surface area contributed by atoms with E-state index in [1.807, 2.05) is 4.90 Å². The molecule has 5 nitrogen and oxygen atoms in total. The minimum absolute atomic E-state index is 0.0608. The highest BCUT2D eigenvalue weighted by atomic mass is 35.5. The Balaban J connectivity index is 1.68. The van der Waals surface area contributed by atoms with Crippen molar-refractivity contribution in [1.82, 2.24) is 14.8 Å². The van der Waals surface area contributed by atoms with Gasteiger partial charge in [-0.3, -0.25) is 4.79 Å². The second-order valence-electron chi connectivity index (χ2n) is 7.06. The van der Waals surface area contributed by atoms with Crippen molar-refractivity contribution < 1.29 is 4.79 Å². The lowest BCUT2D eigenvalue weighted by atomic mass is 10.1. The van der Waals surface area contributed by atoms with Crippen LogP contribution in [0.3, 0.4) is 0 Å². The molecule has 0 atom stereocenters. The van der Waals surface area contributed by atoms with Crippen molar-refractivity contribution in [2.75, 3.05) is 50.7 Å². The molecule has 6 heteroatoms. The Morgan fingerprint density at radius 1 is 1.08 bits per heavy atom. The fraction of sp³-hybridized carbons (Fsp3) is 0.684. The number of amides is 1. The zero-order valence-electron chi connectivity index (χ0n) is 15.2. The lowest BCUT2D eigenvalue weighted by Gasteiger charge is -2.27. The summed E-state index contributed by atoms with van der Waals surface area (Å²) in [7, 11) is 0. The predicted octanol–water partition coefficient (Wildman–Crippen LogP) is 3.28. The van der Waals surface area contributed by atoms with E-state index in [0.717, 1.165) is 70.9 Å². The molecule has 0 saturated carbocycles. The van der Waals surface area contributed by atoms with Crippen molar-refractivity contribution in [1.29, 1.82) is 0 Å². The van der Waals surface area contributed by atoms with Gasteiger partial charge in [-0.1, -0.05) is 18.5 Å². The van der Waals surface area contributed by atoms with Crippen molar-refractivity contribution in [3.8, 4) is 0 Å². The van der Waals surface area contributed by atoms with Gasteiger partial charge in [0.15, 0.2) is 0 Å². The molecule has 1 amide bonds. The zero-order chi connectivity index (χ0) is 17.6. The third-order valence-corrected chi connectivity index (χ3v) is 5.42. The van der Waals surface area contributed by atoms with E-state index in [-0.39, 0.29) is 5.91 Å². The van der Waals surface area contributed by atoms with E-state index in [0.29, 0.717) is 10.6 Å². The van der Waals surface area contributed by atoms with Crippen LogP contribution in [-0.2, 0) is 0 Å². The van der Waals surface area contributed by atoms with Crippen LogP contribution in [-0.4, -0.2) is 66.5 Å². The van der Waals surface area contributed by atoms with Gasteiger partial charge in [-0.05, 0) is 51.3 Å². The molecule has 25 heavy (non-hydrogen) atoms. The van der Waals surface area contributed by atoms with Gasteiger partial charge in [0, 0.05) is 38.9 Å². The molecule has 0 radical (unpaired) electrons. The van der Waals surface area contributed by atoms with E-state index in [9.17, 15) is 4.79 Å². The van der Waals surface area contributed by atoms with Gasteiger partial charge in [-0.15, -0.1) is 0 Å². The van der Waals surface area contributed by atoms with Crippen LogP contribution in [0.1, 0.15) is 49.4 Å². The fourth-order valence-electron chi connectivity index (χ4n) is 3.78. The number of piperidine rings is 1. The van der Waals surface area contributed by atoms with E-state index < -0.39 is 0 Å². The van der Waals surface area contributed by atoms with Crippen LogP contribution in [0.5, 0.6) is 0 Å². The molecule has 0 N–H and O–H groups in total. The number of hydrogen-bond acceptors (Lipinski definition) is 4. The van der Waals surface area contributed by atoms with Crippen LogP contribution >= 0.6 is 11.6 Å². The first-order valence-corrected chi connectivity index (χ1v) is 9.99. The first kappa shape index (κ1) is 18.5. The van der Waals surface area contributed by atoms with Crippen LogP contribution < -0.4 is 4.90 Å². The number of nitrogens with zero attached hydrogens (tertiary/aromatic N) is 4. The summed E-state index contributed by atoms with van der Waals surface area (Å²) in [6, 6.07) is 1.80. The van der Waals surface area contributed by atoms with Gasteiger partial charge in [0.2, 0.25) is 0 Å². The smallest absolute Gasteiger partial charge is 0.255 e. The van der Waals surface area contributed by atoms with E-state index >= 15 is 0 Å². The van der Waals surface area contributed by atoms with Crippen molar-refractivity contribution in [2.24, 2.45) is 0 Å². The summed E-state index contributed by atoms with van der Waals surface area (Å²) in [5.74, 6) is 0.876. The number of anilines is 1. The summed E-state index contributed by atoms with van der Waals surface area (Å²) in [6.45, 7) is 9.14. The molecule has 0 spiro atoms. The average molecular weight is 365 g/mol. The lowest BCUT2D eigenvalue weighted by molar-refractivity contribution is 0.0724. The standard InChI is InChI=1S/C19H29ClN4O/c1-2-7-22-8-6-11-23(13-12-22)18-17(20)14-16(15-21-18)19(25)24-9-4-3-5-10-24/h14-15H,2-13H2,1H3. The number of likely N-dealkylation sites (tertiary alicyclic amines) is 1. The molecule has 3 rings (SSSR count). The van der Waals surface area contributed by atoms with Crippen LogP contribution in [0.25, 0.3) is 0 Å². The number of halogens is 1. The molecule has 1 aromatic rings. The summed E-state index contributed by atoms with van der Waals surface area (Å²) in [4.78, 5) is 23.9. The maximum atomic E-state index is 12.6. The minimum atomic E-state index is 0.0608. The van der Waals surface area contributed by atoms with E-state index in [4.69, 9.17) is 11.6 Å². The Bertz CT molecular complexity index is 589. The van der Waals surface area contributed by atoms with Gasteiger partial charge in [-0.2, -0.15) is 0 Å². The minimum Gasteiger partial charge on any atom is -0.354 e. The molecule has 1 aromatic heterocycles. The number of rotatable bonds is 4. The highest BCUT2D eigenvalue weighted by Gasteiger charge is 2.22. The third-order valence-electron chi connectivity index (χ3n) is 5.14. The molecule has 0 unspecified atom stereocenters. The molecule has 0 aromatic carbocycles. The summed E-state index contributed by atoms with van der Waals surface area (Å²) < 4.78 is 0. The number of carbonyl (C=O) groups is 1. The molecule has 2 aliphatic heterocycles. The molecule has 0 aliphatic carbocycles. The summed E-state index contributed by atoms with van der Waals surface area (Å²) in [6.07, 6.45) is 7.40. The van der Waals surface area contributed by atoms with Crippen LogP contribution in [0, 0.1) is 0 Å². The van der Waals surface area contributed by atoms with Crippen LogP contribution in [0.2, 0.25) is 5.02 Å². The maximum absolute atomic E-state index is 12.6. The molecular weight excluding hydrogens is 336 g/mol. The third kappa shape index (κ3) is 4.64. The molecule has 0 bridgehead atoms. The van der Waals surface area contributed by atoms with Gasteiger partial charge in [-0.25, -0.2) is 4.98 Å². The van der Waals surface area contributed by atoms with E-state index in [1.165, 1.54) is 12.8 Å². The van der Waals surface area contributed by atoms with Gasteiger partial charge < -0.3 is 14.7 Å². The normalized spacial score (nSPS) is 19.8. The van der Waals surface area contributed by atoms with Crippen molar-refractivity contribution in [2.45, 2.75) is 39.0 Å². The molecule has 2 saturated heterocycles. The van der Waals surface area contributed by atoms with Gasteiger partial charge in [0.05, 0.1) is 10.6 Å². The van der Waals surface area contributed by atoms with Crippen molar-refractivity contribution >= 4 is 23.3 Å². The Morgan fingerprint density at radius 3 is 2.60 bits per heavy atom. The topological polar surface area (TPSA) is 39.7 Å². The zero-order valence-corrected chi connectivity index (χ0v) is 16.0. The highest BCUT2D eigenvalue weighted by Crippen LogP contribution is 2.26. The predicted molar refractivity (Wildman–Crippen MR) is 103 cm³/mol. The summed E-state index contributed by atoms with van der Waals surface area (Å²) in [5.41, 5.74) is 0.609. The Hall–Kier alpha value is -1.33. The number of pyridine rings is 1. The fourth-order valence-corrected chi connectivity index (χ4v) is 4.07. The Kier molecular flexibility index (Phi) is 6.54. The molecule has 2 fully saturated rings. The summed E-state index contributed by atoms with van der Waals surface area (Å²) in [5, 5.41) is 0.590. The monoisotopic (exact) mass is 364 g/mol. The maximum Gasteiger partial charge on any atom is 0.255 e. The molecule has 138 valence electrons. The lowest BCUT2D eigenvalue weighted by Crippen LogP contribution is -2.36. The Labute approximate surface area is 155 Å². The van der Waals surface area contributed by atoms with Crippen molar-refractivity contribution in [3.05, 3.63) is 22.8 Å².